The molecular weight excluding hydrogens is 631 g/mol. The molecule has 4 aromatic carbocycles. The van der Waals surface area contributed by atoms with E-state index in [2.05, 4.69) is 28.8 Å². The van der Waals surface area contributed by atoms with Gasteiger partial charge in [-0.2, -0.15) is 0 Å². The van der Waals surface area contributed by atoms with Gasteiger partial charge in [-0.25, -0.2) is 4.79 Å². The number of hydrogen-bond acceptors (Lipinski definition) is 3. The zero-order valence-electron chi connectivity index (χ0n) is 26.3. The van der Waals surface area contributed by atoms with Gasteiger partial charge in [0.25, 0.3) is 0 Å². The number of rotatable bonds is 8. The van der Waals surface area contributed by atoms with E-state index in [-0.39, 0.29) is 16.5 Å². The van der Waals surface area contributed by atoms with Crippen molar-refractivity contribution in [3.8, 4) is 28.1 Å². The third-order valence-corrected chi connectivity index (χ3v) is 10.4. The molecule has 0 radical (unpaired) electrons. The summed E-state index contributed by atoms with van der Waals surface area (Å²) in [5.41, 5.74) is 8.13. The molecule has 1 aliphatic heterocycles. The Labute approximate surface area is 284 Å². The summed E-state index contributed by atoms with van der Waals surface area (Å²) in [7, 11) is 1.97. The highest BCUT2D eigenvalue weighted by atomic mass is 35.5. The van der Waals surface area contributed by atoms with Gasteiger partial charge in [-0.15, -0.1) is 0 Å². The molecule has 7 rings (SSSR count). The summed E-state index contributed by atoms with van der Waals surface area (Å²) in [5.74, 6) is 0.221. The highest BCUT2D eigenvalue weighted by molar-refractivity contribution is 6.38. The molecule has 240 valence electrons. The largest absolute Gasteiger partial charge is 0.489 e. The molecule has 1 amide bonds. The number of hydrogen-bond donors (Lipinski definition) is 1. The fraction of sp³-hybridized carbons (Fsp3) is 0.282. The number of aromatic carboxylic acids is 1. The van der Waals surface area contributed by atoms with Crippen LogP contribution in [0.1, 0.15) is 72.3 Å². The van der Waals surface area contributed by atoms with Gasteiger partial charge >= 0.3 is 5.97 Å². The Morgan fingerprint density at radius 2 is 1.62 bits per heavy atom. The van der Waals surface area contributed by atoms with E-state index in [1.165, 1.54) is 24.8 Å². The maximum absolute atomic E-state index is 12.5. The molecule has 0 unspecified atom stereocenters. The first-order valence-electron chi connectivity index (χ1n) is 16.3. The molecule has 2 fully saturated rings. The van der Waals surface area contributed by atoms with Crippen LogP contribution < -0.4 is 9.64 Å². The van der Waals surface area contributed by atoms with Gasteiger partial charge in [-0.3, -0.25) is 4.79 Å². The zero-order valence-corrected chi connectivity index (χ0v) is 27.8. The molecule has 0 spiro atoms. The molecule has 0 bridgehead atoms. The van der Waals surface area contributed by atoms with Crippen LogP contribution in [0.25, 0.3) is 33.3 Å². The average molecular weight is 668 g/mol. The van der Waals surface area contributed by atoms with Crippen LogP contribution in [0.4, 0.5) is 5.69 Å². The lowest BCUT2D eigenvalue weighted by atomic mass is 9.82. The second-order valence-electron chi connectivity index (χ2n) is 12.6. The Hall–Kier alpha value is -4.26. The first kappa shape index (κ1) is 31.3. The standard InChI is InChI=1S/C39H36Cl2N2O4/c1-42-37(35(25-6-3-2-4-7-25)32-19-20-33(39(45)46)36(41)38(32)42)26-11-16-30(17-12-26)47-23-27-22-29(43-21-5-8-34(43)44)15-18-31(27)24-9-13-28(40)14-10-24/h9-20,22,25H,2-8,21,23H2,1H3,(H,45,46). The number of nitrogens with zero attached hydrogens (tertiary/aromatic N) is 2. The van der Waals surface area contributed by atoms with Crippen molar-refractivity contribution in [2.45, 2.75) is 57.5 Å². The number of aromatic nitrogens is 1. The highest BCUT2D eigenvalue weighted by Gasteiger charge is 2.28. The monoisotopic (exact) mass is 666 g/mol. The van der Waals surface area contributed by atoms with Crippen molar-refractivity contribution in [3.05, 3.63) is 106 Å². The number of carbonyl (C=O) groups excluding carboxylic acids is 1. The van der Waals surface area contributed by atoms with Crippen molar-refractivity contribution in [3.63, 3.8) is 0 Å². The lowest BCUT2D eigenvalue weighted by molar-refractivity contribution is -0.117. The summed E-state index contributed by atoms with van der Waals surface area (Å²) < 4.78 is 8.45. The number of carboxylic acids is 1. The summed E-state index contributed by atoms with van der Waals surface area (Å²) in [6.45, 7) is 1.04. The number of ether oxygens (including phenoxy) is 1. The van der Waals surface area contributed by atoms with E-state index in [1.54, 1.807) is 6.07 Å². The maximum Gasteiger partial charge on any atom is 0.337 e. The Kier molecular flexibility index (Phi) is 8.73. The molecule has 1 N–H and O–H groups in total. The minimum absolute atomic E-state index is 0.112. The van der Waals surface area contributed by atoms with E-state index in [9.17, 15) is 14.7 Å². The number of aryl methyl sites for hydroxylation is 1. The SMILES string of the molecule is Cn1c(-c2ccc(OCc3cc(N4CCCC4=O)ccc3-c3ccc(Cl)cc3)cc2)c(C2CCCCC2)c2ccc(C(=O)O)c(Cl)c21. The fourth-order valence-corrected chi connectivity index (χ4v) is 7.92. The van der Waals surface area contributed by atoms with Crippen LogP contribution >= 0.6 is 23.2 Å². The van der Waals surface area contributed by atoms with E-state index in [4.69, 9.17) is 27.9 Å². The van der Waals surface area contributed by atoms with Gasteiger partial charge in [-0.05, 0) is 108 Å². The van der Waals surface area contributed by atoms with Crippen LogP contribution in [0.15, 0.2) is 78.9 Å². The van der Waals surface area contributed by atoms with Crippen molar-refractivity contribution in [2.75, 3.05) is 11.4 Å². The van der Waals surface area contributed by atoms with Gasteiger partial charge in [0.1, 0.15) is 12.4 Å². The van der Waals surface area contributed by atoms with Crippen molar-refractivity contribution >= 4 is 51.7 Å². The highest BCUT2D eigenvalue weighted by Crippen LogP contribution is 2.46. The van der Waals surface area contributed by atoms with E-state index >= 15 is 0 Å². The molecule has 6 nitrogen and oxygen atoms in total. The second kappa shape index (κ2) is 13.1. The lowest BCUT2D eigenvalue weighted by Gasteiger charge is -2.23. The number of fused-ring (bicyclic) bond motifs is 1. The van der Waals surface area contributed by atoms with E-state index < -0.39 is 5.97 Å². The number of carboxylic acid groups (broad SMARTS) is 1. The topological polar surface area (TPSA) is 71.8 Å². The van der Waals surface area contributed by atoms with Crippen LogP contribution in [0.3, 0.4) is 0 Å². The molecule has 2 heterocycles. The Balaban J connectivity index is 1.22. The van der Waals surface area contributed by atoms with Gasteiger partial charge in [0.2, 0.25) is 5.91 Å². The van der Waals surface area contributed by atoms with E-state index in [0.717, 1.165) is 76.1 Å². The summed E-state index contributed by atoms with van der Waals surface area (Å²) in [4.78, 5) is 26.3. The molecule has 8 heteroatoms. The summed E-state index contributed by atoms with van der Waals surface area (Å²) in [6.07, 6.45) is 7.24. The lowest BCUT2D eigenvalue weighted by Crippen LogP contribution is -2.23. The van der Waals surface area contributed by atoms with Gasteiger partial charge in [-0.1, -0.05) is 66.7 Å². The Bertz CT molecular complexity index is 1980. The number of carbonyl (C=O) groups is 2. The number of anilines is 1. The van der Waals surface area contributed by atoms with Crippen LogP contribution in [-0.2, 0) is 18.4 Å². The van der Waals surface area contributed by atoms with Gasteiger partial charge in [0.15, 0.2) is 0 Å². The van der Waals surface area contributed by atoms with Gasteiger partial charge in [0.05, 0.1) is 21.8 Å². The van der Waals surface area contributed by atoms with E-state index in [1.807, 2.05) is 60.5 Å². The van der Waals surface area contributed by atoms with Crippen molar-refractivity contribution in [1.82, 2.24) is 4.57 Å². The average Bonchev–Trinajstić information content (AvgIpc) is 3.65. The van der Waals surface area contributed by atoms with Gasteiger partial charge in [0, 0.05) is 36.1 Å². The summed E-state index contributed by atoms with van der Waals surface area (Å²) in [6, 6.07) is 25.5. The molecule has 1 aliphatic carbocycles. The smallest absolute Gasteiger partial charge is 0.337 e. The second-order valence-corrected chi connectivity index (χ2v) is 13.4. The molecule has 5 aromatic rings. The minimum atomic E-state index is -1.03. The first-order chi connectivity index (χ1) is 22.8. The van der Waals surface area contributed by atoms with Gasteiger partial charge < -0.3 is 19.3 Å². The third-order valence-electron chi connectivity index (χ3n) is 9.73. The molecule has 2 aliphatic rings. The van der Waals surface area contributed by atoms with Crippen LogP contribution in [-0.4, -0.2) is 28.1 Å². The number of benzene rings is 4. The summed E-state index contributed by atoms with van der Waals surface area (Å²) in [5, 5.41) is 11.7. The van der Waals surface area contributed by atoms with Crippen LogP contribution in [0, 0.1) is 0 Å². The predicted octanol–water partition coefficient (Wildman–Crippen LogP) is 10.3. The Morgan fingerprint density at radius 3 is 2.30 bits per heavy atom. The molecule has 1 saturated heterocycles. The fourth-order valence-electron chi connectivity index (χ4n) is 7.42. The zero-order chi connectivity index (χ0) is 32.7. The summed E-state index contributed by atoms with van der Waals surface area (Å²) >= 11 is 12.9. The Morgan fingerprint density at radius 1 is 0.894 bits per heavy atom. The quantitative estimate of drug-likeness (QED) is 0.179. The first-order valence-corrected chi connectivity index (χ1v) is 17.0. The molecule has 47 heavy (non-hydrogen) atoms. The normalized spacial score (nSPS) is 15.5. The van der Waals surface area contributed by atoms with Crippen LogP contribution in [0.2, 0.25) is 10.0 Å². The molecular formula is C39H36Cl2N2O4. The number of amides is 1. The minimum Gasteiger partial charge on any atom is -0.489 e. The molecule has 0 atom stereocenters. The maximum atomic E-state index is 12.5. The molecule has 1 saturated carbocycles. The molecule has 1 aromatic heterocycles. The predicted molar refractivity (Wildman–Crippen MR) is 189 cm³/mol. The van der Waals surface area contributed by atoms with Crippen LogP contribution in [0.5, 0.6) is 5.75 Å². The number of halogens is 2. The third kappa shape index (κ3) is 6.01. The van der Waals surface area contributed by atoms with Crippen molar-refractivity contribution in [2.24, 2.45) is 7.05 Å². The van der Waals surface area contributed by atoms with E-state index in [0.29, 0.717) is 24.0 Å². The van der Waals surface area contributed by atoms with Crippen molar-refractivity contribution < 1.29 is 19.4 Å². The van der Waals surface area contributed by atoms with Crippen molar-refractivity contribution in [1.29, 1.82) is 0 Å².